The van der Waals surface area contributed by atoms with Crippen molar-refractivity contribution in [3.8, 4) is 0 Å². The van der Waals surface area contributed by atoms with Crippen LogP contribution in [0.3, 0.4) is 0 Å². The molecule has 2 N–H and O–H groups in total. The summed E-state index contributed by atoms with van der Waals surface area (Å²) in [6.45, 7) is 4.49. The van der Waals surface area contributed by atoms with Gasteiger partial charge in [-0.2, -0.15) is 0 Å². The Hall–Kier alpha value is -1.54. The first-order valence-corrected chi connectivity index (χ1v) is 7.29. The summed E-state index contributed by atoms with van der Waals surface area (Å²) in [7, 11) is 0. The summed E-state index contributed by atoms with van der Waals surface area (Å²) in [6.07, 6.45) is 3.91. The first-order chi connectivity index (χ1) is 9.28. The van der Waals surface area contributed by atoms with Crippen molar-refractivity contribution in [3.63, 3.8) is 0 Å². The molecule has 1 fully saturated rings. The lowest BCUT2D eigenvalue weighted by molar-refractivity contribution is 0.240. The second kappa shape index (κ2) is 5.22. The normalized spacial score (nSPS) is 20.2. The largest absolute Gasteiger partial charge is 0.398 e. The lowest BCUT2D eigenvalue weighted by Gasteiger charge is -2.24. The fraction of sp³-hybridized carbons (Fsp3) is 0.412. The van der Waals surface area contributed by atoms with E-state index in [9.17, 15) is 0 Å². The van der Waals surface area contributed by atoms with Gasteiger partial charge < -0.3 is 5.73 Å². The molecule has 0 saturated carbocycles. The number of anilines is 1. The van der Waals surface area contributed by atoms with E-state index in [2.05, 4.69) is 48.2 Å². The number of nitrogen functional groups attached to an aromatic ring is 1. The van der Waals surface area contributed by atoms with E-state index in [1.54, 1.807) is 0 Å². The van der Waals surface area contributed by atoms with E-state index in [4.69, 9.17) is 5.73 Å². The molecule has 1 atom stereocenters. The van der Waals surface area contributed by atoms with Gasteiger partial charge in [0, 0.05) is 18.3 Å². The summed E-state index contributed by atoms with van der Waals surface area (Å²) in [4.78, 5) is 2.58. The van der Waals surface area contributed by atoms with Crippen LogP contribution in [0.1, 0.15) is 31.7 Å². The Labute approximate surface area is 115 Å². The highest BCUT2D eigenvalue weighted by Crippen LogP contribution is 2.27. The molecule has 2 heteroatoms. The van der Waals surface area contributed by atoms with Crippen molar-refractivity contribution in [2.24, 2.45) is 0 Å². The summed E-state index contributed by atoms with van der Waals surface area (Å²) < 4.78 is 0. The van der Waals surface area contributed by atoms with E-state index in [1.807, 2.05) is 0 Å². The average molecular weight is 254 g/mol. The van der Waals surface area contributed by atoms with Crippen molar-refractivity contribution in [1.29, 1.82) is 0 Å². The summed E-state index contributed by atoms with van der Waals surface area (Å²) >= 11 is 0. The molecule has 0 amide bonds. The fourth-order valence-electron chi connectivity index (χ4n) is 3.23. The van der Waals surface area contributed by atoms with Crippen LogP contribution in [-0.4, -0.2) is 17.5 Å². The highest BCUT2D eigenvalue weighted by molar-refractivity contribution is 5.86. The topological polar surface area (TPSA) is 29.3 Å². The Morgan fingerprint density at radius 2 is 1.95 bits per heavy atom. The second-order valence-electron chi connectivity index (χ2n) is 5.57. The maximum atomic E-state index is 6.22. The molecule has 2 aromatic rings. The minimum Gasteiger partial charge on any atom is -0.398 e. The first-order valence-electron chi connectivity index (χ1n) is 7.29. The Kier molecular flexibility index (Phi) is 3.43. The molecule has 0 aliphatic carbocycles. The van der Waals surface area contributed by atoms with Crippen molar-refractivity contribution >= 4 is 16.5 Å². The smallest absolute Gasteiger partial charge is 0.0366 e. The molecule has 100 valence electrons. The molecular weight excluding hydrogens is 232 g/mol. The van der Waals surface area contributed by atoms with Crippen molar-refractivity contribution in [2.45, 2.75) is 38.8 Å². The summed E-state index contributed by atoms with van der Waals surface area (Å²) in [5.74, 6) is 0. The van der Waals surface area contributed by atoms with Gasteiger partial charge in [0.1, 0.15) is 0 Å². The highest BCUT2D eigenvalue weighted by Gasteiger charge is 2.23. The monoisotopic (exact) mass is 254 g/mol. The van der Waals surface area contributed by atoms with Gasteiger partial charge >= 0.3 is 0 Å². The van der Waals surface area contributed by atoms with Crippen LogP contribution in [0.4, 0.5) is 5.69 Å². The molecule has 2 aromatic carbocycles. The maximum absolute atomic E-state index is 6.22. The molecule has 19 heavy (non-hydrogen) atoms. The van der Waals surface area contributed by atoms with E-state index in [-0.39, 0.29) is 0 Å². The van der Waals surface area contributed by atoms with Crippen molar-refractivity contribution in [1.82, 2.24) is 4.90 Å². The maximum Gasteiger partial charge on any atom is 0.0366 e. The third-order valence-corrected chi connectivity index (χ3v) is 4.35. The molecular formula is C17H22N2. The van der Waals surface area contributed by atoms with E-state index in [0.717, 1.165) is 18.3 Å². The number of fused-ring (bicyclic) bond motifs is 1. The third kappa shape index (κ3) is 2.45. The van der Waals surface area contributed by atoms with Gasteiger partial charge in [-0.15, -0.1) is 0 Å². The van der Waals surface area contributed by atoms with E-state index in [1.165, 1.54) is 42.1 Å². The molecule has 1 aliphatic rings. The van der Waals surface area contributed by atoms with E-state index in [0.29, 0.717) is 0 Å². The molecule has 0 aromatic heterocycles. The highest BCUT2D eigenvalue weighted by atomic mass is 15.2. The molecule has 0 bridgehead atoms. The van der Waals surface area contributed by atoms with Gasteiger partial charge in [-0.3, -0.25) is 4.90 Å². The van der Waals surface area contributed by atoms with Crippen molar-refractivity contribution in [3.05, 3.63) is 42.0 Å². The molecule has 1 heterocycles. The quantitative estimate of drug-likeness (QED) is 0.844. The van der Waals surface area contributed by atoms with Gasteiger partial charge in [0.2, 0.25) is 0 Å². The third-order valence-electron chi connectivity index (χ3n) is 4.35. The molecule has 1 unspecified atom stereocenters. The predicted octanol–water partition coefficient (Wildman–Crippen LogP) is 3.80. The first kappa shape index (κ1) is 12.5. The van der Waals surface area contributed by atoms with Crippen LogP contribution in [0.2, 0.25) is 0 Å². The number of nitrogens with two attached hydrogens (primary N) is 1. The predicted molar refractivity (Wildman–Crippen MR) is 82.1 cm³/mol. The average Bonchev–Trinajstić information content (AvgIpc) is 2.87. The summed E-state index contributed by atoms with van der Waals surface area (Å²) in [5.41, 5.74) is 8.43. The number of nitrogens with zero attached hydrogens (tertiary/aromatic N) is 1. The molecule has 1 saturated heterocycles. The molecule has 0 spiro atoms. The number of hydrogen-bond acceptors (Lipinski definition) is 2. The SMILES string of the molecule is CCC1CCCN1Cc1cc2ccccc2cc1N. The molecule has 2 nitrogen and oxygen atoms in total. The minimum absolute atomic E-state index is 0.742. The van der Waals surface area contributed by atoms with Crippen LogP contribution in [0.25, 0.3) is 10.8 Å². The molecule has 0 radical (unpaired) electrons. The van der Waals surface area contributed by atoms with Gasteiger partial charge in [-0.1, -0.05) is 31.2 Å². The Balaban J connectivity index is 1.90. The van der Waals surface area contributed by atoms with Crippen molar-refractivity contribution in [2.75, 3.05) is 12.3 Å². The number of likely N-dealkylation sites (tertiary alicyclic amines) is 1. The molecule has 3 rings (SSSR count). The van der Waals surface area contributed by atoms with Gasteiger partial charge in [0.05, 0.1) is 0 Å². The van der Waals surface area contributed by atoms with Gasteiger partial charge in [0.15, 0.2) is 0 Å². The zero-order chi connectivity index (χ0) is 13.2. The Morgan fingerprint density at radius 1 is 1.21 bits per heavy atom. The van der Waals surface area contributed by atoms with Crippen LogP contribution < -0.4 is 5.73 Å². The van der Waals surface area contributed by atoms with Crippen LogP contribution in [-0.2, 0) is 6.54 Å². The Morgan fingerprint density at radius 3 is 2.68 bits per heavy atom. The van der Waals surface area contributed by atoms with Crippen LogP contribution >= 0.6 is 0 Å². The summed E-state index contributed by atoms with van der Waals surface area (Å²) in [5, 5.41) is 2.52. The van der Waals surface area contributed by atoms with Gasteiger partial charge in [-0.25, -0.2) is 0 Å². The fourth-order valence-corrected chi connectivity index (χ4v) is 3.23. The molecule has 1 aliphatic heterocycles. The summed E-state index contributed by atoms with van der Waals surface area (Å²) in [6, 6.07) is 13.6. The zero-order valence-corrected chi connectivity index (χ0v) is 11.6. The standard InChI is InChI=1S/C17H22N2/c1-2-16-8-5-9-19(16)12-15-10-13-6-3-4-7-14(13)11-17(15)18/h3-4,6-7,10-11,16H,2,5,8-9,12,18H2,1H3. The lowest BCUT2D eigenvalue weighted by atomic mass is 10.0. The van der Waals surface area contributed by atoms with Crippen LogP contribution in [0.15, 0.2) is 36.4 Å². The number of benzene rings is 2. The van der Waals surface area contributed by atoms with Crippen LogP contribution in [0.5, 0.6) is 0 Å². The number of rotatable bonds is 3. The van der Waals surface area contributed by atoms with Crippen LogP contribution in [0, 0.1) is 0 Å². The van der Waals surface area contributed by atoms with Gasteiger partial charge in [0.25, 0.3) is 0 Å². The number of hydrogen-bond donors (Lipinski definition) is 1. The second-order valence-corrected chi connectivity index (χ2v) is 5.57. The Bertz CT molecular complexity index is 576. The van der Waals surface area contributed by atoms with Crippen molar-refractivity contribution < 1.29 is 0 Å². The van der Waals surface area contributed by atoms with E-state index >= 15 is 0 Å². The minimum atomic E-state index is 0.742. The lowest BCUT2D eigenvalue weighted by Crippen LogP contribution is -2.28. The van der Waals surface area contributed by atoms with E-state index < -0.39 is 0 Å². The van der Waals surface area contributed by atoms with Gasteiger partial charge in [-0.05, 0) is 54.3 Å². The zero-order valence-electron chi connectivity index (χ0n) is 11.6.